The van der Waals surface area contributed by atoms with Crippen LogP contribution in [0.1, 0.15) is 24.1 Å². The van der Waals surface area contributed by atoms with Crippen molar-refractivity contribution in [1.82, 2.24) is 9.78 Å². The number of rotatable bonds is 4. The van der Waals surface area contributed by atoms with E-state index in [1.165, 1.54) is 12.1 Å². The van der Waals surface area contributed by atoms with Gasteiger partial charge in [-0.05, 0) is 18.6 Å². The Morgan fingerprint density at radius 1 is 1.58 bits per heavy atom. The van der Waals surface area contributed by atoms with Crippen LogP contribution in [0.3, 0.4) is 0 Å². The lowest BCUT2D eigenvalue weighted by Crippen LogP contribution is -2.04. The highest BCUT2D eigenvalue weighted by Crippen LogP contribution is 2.23. The highest BCUT2D eigenvalue weighted by molar-refractivity contribution is 9.10. The Bertz CT molecular complexity index is 610. The largest absolute Gasteiger partial charge is 0.324 e. The average Bonchev–Trinajstić information content (AvgIpc) is 2.80. The number of benzene rings is 1. The van der Waals surface area contributed by atoms with Crippen molar-refractivity contribution in [1.29, 1.82) is 0 Å². The summed E-state index contributed by atoms with van der Waals surface area (Å²) in [5, 5.41) is 14.9. The quantitative estimate of drug-likeness (QED) is 0.691. The molecule has 0 spiro atoms. The first-order chi connectivity index (χ1) is 8.97. The van der Waals surface area contributed by atoms with E-state index >= 15 is 0 Å². The average molecular weight is 325 g/mol. The third-order valence-electron chi connectivity index (χ3n) is 2.76. The molecule has 0 saturated heterocycles. The van der Waals surface area contributed by atoms with Crippen LogP contribution in [-0.4, -0.2) is 14.7 Å². The second-order valence-electron chi connectivity index (χ2n) is 4.29. The lowest BCUT2D eigenvalue weighted by molar-refractivity contribution is -0.384. The molecule has 0 fully saturated rings. The fraction of sp³-hybridized carbons (Fsp3) is 0.250. The van der Waals surface area contributed by atoms with Gasteiger partial charge in [0, 0.05) is 34.4 Å². The summed E-state index contributed by atoms with van der Waals surface area (Å²) in [6.45, 7) is 2.43. The fourth-order valence-electron chi connectivity index (χ4n) is 1.65. The topological polar surface area (TPSA) is 87.0 Å². The normalized spacial score (nSPS) is 12.4. The van der Waals surface area contributed by atoms with E-state index in [-0.39, 0.29) is 11.7 Å². The van der Waals surface area contributed by atoms with Gasteiger partial charge in [0.1, 0.15) is 0 Å². The van der Waals surface area contributed by atoms with Gasteiger partial charge in [-0.25, -0.2) is 0 Å². The summed E-state index contributed by atoms with van der Waals surface area (Å²) in [6.07, 6.45) is 3.60. The number of hydrogen-bond acceptors (Lipinski definition) is 4. The Hall–Kier alpha value is -1.73. The van der Waals surface area contributed by atoms with Gasteiger partial charge in [-0.15, -0.1) is 0 Å². The van der Waals surface area contributed by atoms with Crippen molar-refractivity contribution >= 4 is 21.6 Å². The van der Waals surface area contributed by atoms with E-state index in [1.807, 2.05) is 13.1 Å². The lowest BCUT2D eigenvalue weighted by atomic mass is 10.2. The molecule has 1 atom stereocenters. The van der Waals surface area contributed by atoms with E-state index in [2.05, 4.69) is 21.0 Å². The smallest absolute Gasteiger partial charge is 0.270 e. The van der Waals surface area contributed by atoms with Gasteiger partial charge >= 0.3 is 0 Å². The van der Waals surface area contributed by atoms with Crippen molar-refractivity contribution in [3.63, 3.8) is 0 Å². The minimum absolute atomic E-state index is 0.0611. The van der Waals surface area contributed by atoms with E-state index in [1.54, 1.807) is 16.9 Å². The van der Waals surface area contributed by atoms with Crippen LogP contribution in [0.4, 0.5) is 5.69 Å². The molecule has 0 aliphatic carbocycles. The summed E-state index contributed by atoms with van der Waals surface area (Å²) in [5.41, 5.74) is 7.71. The van der Waals surface area contributed by atoms with Crippen LogP contribution < -0.4 is 5.73 Å². The summed E-state index contributed by atoms with van der Waals surface area (Å²) in [6, 6.07) is 4.63. The van der Waals surface area contributed by atoms with E-state index in [0.29, 0.717) is 11.0 Å². The molecule has 0 aliphatic heterocycles. The van der Waals surface area contributed by atoms with Crippen LogP contribution in [0.2, 0.25) is 0 Å². The number of halogens is 1. The van der Waals surface area contributed by atoms with Crippen molar-refractivity contribution in [2.75, 3.05) is 0 Å². The van der Waals surface area contributed by atoms with Crippen LogP contribution in [0.25, 0.3) is 0 Å². The minimum atomic E-state index is -0.420. The van der Waals surface area contributed by atoms with Crippen molar-refractivity contribution < 1.29 is 4.92 Å². The number of aromatic nitrogens is 2. The molecule has 0 amide bonds. The van der Waals surface area contributed by atoms with Crippen LogP contribution in [0.15, 0.2) is 35.1 Å². The third kappa shape index (κ3) is 3.18. The summed E-state index contributed by atoms with van der Waals surface area (Å²) in [7, 11) is 0. The first-order valence-electron chi connectivity index (χ1n) is 5.68. The Labute approximate surface area is 118 Å². The number of nitro benzene ring substituents is 1. The standard InChI is InChI=1S/C12H13BrN4O2/c1-8(14)10-5-15-16(7-10)6-9-2-3-11(17(18)19)4-12(9)13/h2-5,7-8H,6,14H2,1H3. The summed E-state index contributed by atoms with van der Waals surface area (Å²) in [4.78, 5) is 10.2. The molecule has 0 aliphatic rings. The number of nitrogens with zero attached hydrogens (tertiary/aromatic N) is 3. The molecule has 2 aromatic rings. The summed E-state index contributed by atoms with van der Waals surface area (Å²) >= 11 is 3.34. The maximum absolute atomic E-state index is 10.7. The highest BCUT2D eigenvalue weighted by Gasteiger charge is 2.10. The molecular formula is C12H13BrN4O2. The zero-order chi connectivity index (χ0) is 14.0. The molecule has 7 heteroatoms. The van der Waals surface area contributed by atoms with Crippen molar-refractivity contribution in [3.05, 3.63) is 56.3 Å². The molecule has 6 nitrogen and oxygen atoms in total. The Morgan fingerprint density at radius 3 is 2.84 bits per heavy atom. The maximum atomic E-state index is 10.7. The Morgan fingerprint density at radius 2 is 2.32 bits per heavy atom. The van der Waals surface area contributed by atoms with E-state index in [0.717, 1.165) is 11.1 Å². The van der Waals surface area contributed by atoms with E-state index in [4.69, 9.17) is 5.73 Å². The van der Waals surface area contributed by atoms with Crippen LogP contribution in [0.5, 0.6) is 0 Å². The molecule has 19 heavy (non-hydrogen) atoms. The van der Waals surface area contributed by atoms with Gasteiger partial charge in [-0.2, -0.15) is 5.10 Å². The molecule has 0 radical (unpaired) electrons. The first kappa shape index (κ1) is 13.7. The van der Waals surface area contributed by atoms with Gasteiger partial charge in [0.05, 0.1) is 17.7 Å². The molecule has 2 N–H and O–H groups in total. The number of nitro groups is 1. The molecular weight excluding hydrogens is 312 g/mol. The van der Waals surface area contributed by atoms with Crippen LogP contribution in [-0.2, 0) is 6.54 Å². The molecule has 0 bridgehead atoms. The maximum Gasteiger partial charge on any atom is 0.270 e. The van der Waals surface area contributed by atoms with Gasteiger partial charge in [0.25, 0.3) is 5.69 Å². The first-order valence-corrected chi connectivity index (χ1v) is 6.47. The number of hydrogen-bond donors (Lipinski definition) is 1. The van der Waals surface area contributed by atoms with E-state index in [9.17, 15) is 10.1 Å². The second-order valence-corrected chi connectivity index (χ2v) is 5.15. The number of nitrogens with two attached hydrogens (primary N) is 1. The van der Waals surface area contributed by atoms with Gasteiger partial charge in [-0.1, -0.05) is 15.9 Å². The zero-order valence-electron chi connectivity index (χ0n) is 10.3. The van der Waals surface area contributed by atoms with Crippen molar-refractivity contribution in [3.8, 4) is 0 Å². The number of non-ortho nitro benzene ring substituents is 1. The highest BCUT2D eigenvalue weighted by atomic mass is 79.9. The predicted octanol–water partition coefficient (Wildman–Crippen LogP) is 2.62. The molecule has 1 aromatic carbocycles. The lowest BCUT2D eigenvalue weighted by Gasteiger charge is -2.05. The molecule has 1 aromatic heterocycles. The Kier molecular flexibility index (Phi) is 3.96. The Balaban J connectivity index is 2.20. The van der Waals surface area contributed by atoms with Crippen LogP contribution in [0, 0.1) is 10.1 Å². The molecule has 1 heterocycles. The van der Waals surface area contributed by atoms with Crippen molar-refractivity contribution in [2.45, 2.75) is 19.5 Å². The summed E-state index contributed by atoms with van der Waals surface area (Å²) in [5.74, 6) is 0. The second kappa shape index (κ2) is 5.50. The molecule has 2 rings (SSSR count). The zero-order valence-corrected chi connectivity index (χ0v) is 11.9. The fourth-order valence-corrected chi connectivity index (χ4v) is 2.15. The van der Waals surface area contributed by atoms with Crippen molar-refractivity contribution in [2.24, 2.45) is 5.73 Å². The predicted molar refractivity (Wildman–Crippen MR) is 74.7 cm³/mol. The van der Waals surface area contributed by atoms with Gasteiger partial charge < -0.3 is 5.73 Å². The summed E-state index contributed by atoms with van der Waals surface area (Å²) < 4.78 is 2.45. The molecule has 0 saturated carbocycles. The minimum Gasteiger partial charge on any atom is -0.324 e. The van der Waals surface area contributed by atoms with Gasteiger partial charge in [-0.3, -0.25) is 14.8 Å². The SMILES string of the molecule is CC(N)c1cnn(Cc2ccc([N+](=O)[O-])cc2Br)c1. The van der Waals surface area contributed by atoms with Gasteiger partial charge in [0.2, 0.25) is 0 Å². The third-order valence-corrected chi connectivity index (χ3v) is 3.50. The molecule has 100 valence electrons. The monoisotopic (exact) mass is 324 g/mol. The van der Waals surface area contributed by atoms with Gasteiger partial charge in [0.15, 0.2) is 0 Å². The van der Waals surface area contributed by atoms with Crippen LogP contribution >= 0.6 is 15.9 Å². The molecule has 1 unspecified atom stereocenters. The van der Waals surface area contributed by atoms with E-state index < -0.39 is 4.92 Å².